The molecule has 0 aromatic heterocycles. The minimum Gasteiger partial charge on any atom is -0.452 e. The first-order valence-electron chi connectivity index (χ1n) is 9.43. The summed E-state index contributed by atoms with van der Waals surface area (Å²) in [5.74, 6) is -0.128. The Morgan fingerprint density at radius 2 is 1.93 bits per heavy atom. The Balaban J connectivity index is 2.03. The van der Waals surface area contributed by atoms with Gasteiger partial charge in [-0.05, 0) is 57.7 Å². The van der Waals surface area contributed by atoms with Crippen molar-refractivity contribution >= 4 is 22.7 Å². The first kappa shape index (κ1) is 18.5. The number of carbonyl (C=O) groups is 2. The summed E-state index contributed by atoms with van der Waals surface area (Å²) in [7, 11) is 0. The predicted molar refractivity (Wildman–Crippen MR) is 104 cm³/mol. The van der Waals surface area contributed by atoms with E-state index in [4.69, 9.17) is 9.15 Å². The Morgan fingerprint density at radius 1 is 1.14 bits per heavy atom. The SMILES string of the molecule is CC(=O)c1ccc(C)c2oc3c(C)c(=O)cc(C(=O)[C@@H]4CCCCO4)c-3nc12. The Kier molecular flexibility index (Phi) is 4.59. The highest BCUT2D eigenvalue weighted by Gasteiger charge is 2.30. The molecule has 4 rings (SSSR count). The molecule has 0 unspecified atom stereocenters. The molecule has 144 valence electrons. The van der Waals surface area contributed by atoms with E-state index in [0.717, 1.165) is 18.4 Å². The van der Waals surface area contributed by atoms with Gasteiger partial charge in [-0.2, -0.15) is 0 Å². The highest BCUT2D eigenvalue weighted by atomic mass is 16.5. The lowest BCUT2D eigenvalue weighted by Crippen LogP contribution is -2.30. The largest absolute Gasteiger partial charge is 0.452 e. The van der Waals surface area contributed by atoms with Gasteiger partial charge < -0.3 is 9.15 Å². The quantitative estimate of drug-likeness (QED) is 0.507. The first-order chi connectivity index (χ1) is 13.4. The Hall–Kier alpha value is -2.86. The van der Waals surface area contributed by atoms with Crippen LogP contribution < -0.4 is 5.43 Å². The van der Waals surface area contributed by atoms with Crippen molar-refractivity contribution in [3.8, 4) is 11.5 Å². The number of aromatic nitrogens is 1. The monoisotopic (exact) mass is 379 g/mol. The van der Waals surface area contributed by atoms with E-state index in [9.17, 15) is 14.4 Å². The van der Waals surface area contributed by atoms with Crippen LogP contribution in [-0.4, -0.2) is 29.3 Å². The molecule has 0 spiro atoms. The maximum Gasteiger partial charge on any atom is 0.193 e. The average Bonchev–Trinajstić information content (AvgIpc) is 2.70. The van der Waals surface area contributed by atoms with Gasteiger partial charge in [0, 0.05) is 17.7 Å². The van der Waals surface area contributed by atoms with Crippen LogP contribution in [0.5, 0.6) is 0 Å². The number of hydrogen-bond acceptors (Lipinski definition) is 6. The van der Waals surface area contributed by atoms with E-state index in [1.807, 2.05) is 6.92 Å². The van der Waals surface area contributed by atoms with E-state index in [0.29, 0.717) is 40.9 Å². The highest BCUT2D eigenvalue weighted by Crippen LogP contribution is 2.33. The lowest BCUT2D eigenvalue weighted by atomic mass is 9.94. The topological polar surface area (TPSA) is 86.5 Å². The molecular formula is C22H21NO5. The number of aryl methyl sites for hydroxylation is 1. The van der Waals surface area contributed by atoms with Crippen molar-refractivity contribution in [2.24, 2.45) is 0 Å². The van der Waals surface area contributed by atoms with Gasteiger partial charge >= 0.3 is 0 Å². The summed E-state index contributed by atoms with van der Waals surface area (Å²) >= 11 is 0. The third kappa shape index (κ3) is 2.94. The van der Waals surface area contributed by atoms with Crippen LogP contribution in [0.4, 0.5) is 0 Å². The minimum atomic E-state index is -0.582. The molecule has 6 nitrogen and oxygen atoms in total. The number of carbonyl (C=O) groups excluding carboxylic acids is 2. The second-order valence-electron chi connectivity index (χ2n) is 7.32. The molecule has 1 saturated heterocycles. The second-order valence-corrected chi connectivity index (χ2v) is 7.32. The molecule has 1 atom stereocenters. The maximum atomic E-state index is 13.1. The van der Waals surface area contributed by atoms with Gasteiger partial charge in [0.05, 0.1) is 5.56 Å². The molecule has 1 aromatic rings. The zero-order valence-corrected chi connectivity index (χ0v) is 16.1. The fraction of sp³-hybridized carbons (Fsp3) is 0.364. The number of rotatable bonds is 3. The number of nitrogens with zero attached hydrogens (tertiary/aromatic N) is 1. The minimum absolute atomic E-state index is 0.146. The fourth-order valence-corrected chi connectivity index (χ4v) is 3.67. The summed E-state index contributed by atoms with van der Waals surface area (Å²) in [6, 6.07) is 4.80. The number of ether oxygens (including phenoxy) is 1. The number of benzene rings is 2. The predicted octanol–water partition coefficient (Wildman–Crippen LogP) is 3.86. The highest BCUT2D eigenvalue weighted by molar-refractivity contribution is 6.08. The summed E-state index contributed by atoms with van der Waals surface area (Å²) in [5, 5.41) is 0. The van der Waals surface area contributed by atoms with Gasteiger partial charge in [-0.15, -0.1) is 0 Å². The van der Waals surface area contributed by atoms with Crippen molar-refractivity contribution in [2.45, 2.75) is 46.1 Å². The summed E-state index contributed by atoms with van der Waals surface area (Å²) in [5.41, 5.74) is 2.67. The smallest absolute Gasteiger partial charge is 0.193 e. The number of ketones is 2. The summed E-state index contributed by atoms with van der Waals surface area (Å²) in [4.78, 5) is 42.3. The molecule has 2 heterocycles. The number of hydrogen-bond donors (Lipinski definition) is 0. The van der Waals surface area contributed by atoms with Crippen LogP contribution in [0.25, 0.3) is 22.6 Å². The standard InChI is InChI=1S/C22H21NO5/c1-11-7-8-14(13(3)24)18-21(11)28-22-12(2)16(25)10-15(19(22)23-18)20(26)17-6-4-5-9-27-17/h7-8,10,17H,4-6,9H2,1-3H3/t17-/m0/s1. The number of Topliss-reactive ketones (excluding diaryl/α,β-unsaturated/α-hetero) is 2. The normalized spacial score (nSPS) is 17.2. The molecule has 28 heavy (non-hydrogen) atoms. The van der Waals surface area contributed by atoms with Crippen LogP contribution in [-0.2, 0) is 4.74 Å². The number of fused-ring (bicyclic) bond motifs is 2. The van der Waals surface area contributed by atoms with Crippen LogP contribution in [0.1, 0.15) is 58.0 Å². The van der Waals surface area contributed by atoms with E-state index in [2.05, 4.69) is 4.98 Å². The van der Waals surface area contributed by atoms with Crippen LogP contribution in [0.2, 0.25) is 0 Å². The van der Waals surface area contributed by atoms with E-state index in [1.165, 1.54) is 13.0 Å². The average molecular weight is 379 g/mol. The van der Waals surface area contributed by atoms with Crippen LogP contribution in [0.15, 0.2) is 27.4 Å². The van der Waals surface area contributed by atoms with Gasteiger partial charge in [0.2, 0.25) is 0 Å². The lowest BCUT2D eigenvalue weighted by Gasteiger charge is -2.22. The molecule has 0 amide bonds. The molecule has 1 fully saturated rings. The molecule has 0 saturated carbocycles. The van der Waals surface area contributed by atoms with Crippen LogP contribution in [0.3, 0.4) is 0 Å². The van der Waals surface area contributed by atoms with Crippen LogP contribution in [0, 0.1) is 13.8 Å². The third-order valence-electron chi connectivity index (χ3n) is 5.33. The molecule has 0 bridgehead atoms. The zero-order chi connectivity index (χ0) is 20.0. The Morgan fingerprint density at radius 3 is 2.61 bits per heavy atom. The molecule has 0 radical (unpaired) electrons. The maximum absolute atomic E-state index is 13.1. The molecule has 0 N–H and O–H groups in total. The third-order valence-corrected chi connectivity index (χ3v) is 5.33. The lowest BCUT2D eigenvalue weighted by molar-refractivity contribution is 0.0186. The molecule has 6 heteroatoms. The Bertz CT molecular complexity index is 1140. The molecule has 1 aliphatic carbocycles. The van der Waals surface area contributed by atoms with Crippen molar-refractivity contribution < 1.29 is 18.7 Å². The van der Waals surface area contributed by atoms with Crippen molar-refractivity contribution in [1.29, 1.82) is 0 Å². The van der Waals surface area contributed by atoms with E-state index < -0.39 is 6.10 Å². The molecule has 1 aromatic carbocycles. The first-order valence-corrected chi connectivity index (χ1v) is 9.43. The molecular weight excluding hydrogens is 358 g/mol. The molecule has 2 aliphatic heterocycles. The van der Waals surface area contributed by atoms with Gasteiger partial charge in [0.1, 0.15) is 17.3 Å². The fourth-order valence-electron chi connectivity index (χ4n) is 3.67. The van der Waals surface area contributed by atoms with E-state index in [-0.39, 0.29) is 28.3 Å². The van der Waals surface area contributed by atoms with Gasteiger partial charge in [0.25, 0.3) is 0 Å². The van der Waals surface area contributed by atoms with Crippen molar-refractivity contribution in [3.05, 3.63) is 50.7 Å². The molecule has 3 aliphatic rings. The van der Waals surface area contributed by atoms with Crippen LogP contribution >= 0.6 is 0 Å². The van der Waals surface area contributed by atoms with Gasteiger partial charge in [-0.25, -0.2) is 4.98 Å². The van der Waals surface area contributed by atoms with Gasteiger partial charge in [0.15, 0.2) is 28.3 Å². The zero-order valence-electron chi connectivity index (χ0n) is 16.1. The Labute approximate surface area is 161 Å². The van der Waals surface area contributed by atoms with Crippen molar-refractivity contribution in [3.63, 3.8) is 0 Å². The van der Waals surface area contributed by atoms with Crippen molar-refractivity contribution in [2.75, 3.05) is 6.61 Å². The summed E-state index contributed by atoms with van der Waals surface area (Å²) in [6.07, 6.45) is 1.86. The van der Waals surface area contributed by atoms with E-state index >= 15 is 0 Å². The van der Waals surface area contributed by atoms with E-state index in [1.54, 1.807) is 19.1 Å². The summed E-state index contributed by atoms with van der Waals surface area (Å²) < 4.78 is 11.7. The van der Waals surface area contributed by atoms with Crippen molar-refractivity contribution in [1.82, 2.24) is 4.98 Å². The summed E-state index contributed by atoms with van der Waals surface area (Å²) in [6.45, 7) is 5.49. The van der Waals surface area contributed by atoms with Gasteiger partial charge in [-0.1, -0.05) is 6.07 Å². The second kappa shape index (κ2) is 6.95. The van der Waals surface area contributed by atoms with Gasteiger partial charge in [-0.3, -0.25) is 14.4 Å².